The number of hydrogen-bond donors (Lipinski definition) is 2. The fraction of sp³-hybridized carbons (Fsp3) is 0.588. The Labute approximate surface area is 140 Å². The Morgan fingerprint density at radius 1 is 1.46 bits per heavy atom. The molecule has 0 unspecified atom stereocenters. The lowest BCUT2D eigenvalue weighted by molar-refractivity contribution is -0.00433. The van der Waals surface area contributed by atoms with Gasteiger partial charge in [-0.2, -0.15) is 0 Å². The summed E-state index contributed by atoms with van der Waals surface area (Å²) in [6.07, 6.45) is -0.0884. The van der Waals surface area contributed by atoms with Crippen LogP contribution in [-0.4, -0.2) is 54.5 Å². The number of carbonyl (C=O) groups is 1. The molecule has 1 aromatic rings. The number of aliphatic hydroxyl groups excluding tert-OH is 1. The van der Waals surface area contributed by atoms with Gasteiger partial charge in [0.25, 0.3) is 0 Å². The van der Waals surface area contributed by atoms with Crippen molar-refractivity contribution in [3.8, 4) is 0 Å². The molecule has 134 valence electrons. The Balaban J connectivity index is 1.93. The van der Waals surface area contributed by atoms with E-state index in [1.54, 1.807) is 18.7 Å². The zero-order valence-corrected chi connectivity index (χ0v) is 14.0. The number of nitrogens with zero attached hydrogens (tertiary/aromatic N) is 1. The van der Waals surface area contributed by atoms with Gasteiger partial charge in [-0.3, -0.25) is 0 Å². The summed E-state index contributed by atoms with van der Waals surface area (Å²) in [5.74, 6) is -1.53. The van der Waals surface area contributed by atoms with E-state index in [0.717, 1.165) is 6.07 Å². The van der Waals surface area contributed by atoms with Crippen molar-refractivity contribution in [2.75, 3.05) is 26.3 Å². The Hall–Kier alpha value is -1.73. The SMILES string of the molecule is C[C@H](O)C[C@@H]1COCCN1C(=O)NC[C@@H](C)c1ccc(F)cc1F. The number of morpholine rings is 1. The van der Waals surface area contributed by atoms with Gasteiger partial charge < -0.3 is 20.1 Å². The first-order valence-corrected chi connectivity index (χ1v) is 8.13. The Morgan fingerprint density at radius 3 is 2.88 bits per heavy atom. The lowest BCUT2D eigenvalue weighted by Gasteiger charge is -2.36. The van der Waals surface area contributed by atoms with E-state index in [4.69, 9.17) is 4.74 Å². The molecule has 2 N–H and O–H groups in total. The topological polar surface area (TPSA) is 61.8 Å². The molecule has 1 aliphatic rings. The van der Waals surface area contributed by atoms with Crippen LogP contribution in [-0.2, 0) is 4.74 Å². The lowest BCUT2D eigenvalue weighted by atomic mass is 10.0. The molecule has 1 heterocycles. The number of urea groups is 1. The normalized spacial score (nSPS) is 20.5. The zero-order chi connectivity index (χ0) is 17.7. The van der Waals surface area contributed by atoms with E-state index in [2.05, 4.69) is 5.32 Å². The Bertz CT molecular complexity index is 569. The molecule has 1 saturated heterocycles. The minimum absolute atomic E-state index is 0.184. The average Bonchev–Trinajstić information content (AvgIpc) is 2.52. The van der Waals surface area contributed by atoms with Gasteiger partial charge in [0.05, 0.1) is 25.4 Å². The number of carbonyl (C=O) groups excluding carboxylic acids is 1. The van der Waals surface area contributed by atoms with Crippen LogP contribution in [0, 0.1) is 11.6 Å². The number of nitrogens with one attached hydrogen (secondary N) is 1. The molecule has 1 aliphatic heterocycles. The van der Waals surface area contributed by atoms with Gasteiger partial charge in [-0.05, 0) is 25.0 Å². The highest BCUT2D eigenvalue weighted by Crippen LogP contribution is 2.19. The second kappa shape index (κ2) is 8.39. The number of ether oxygens (including phenoxy) is 1. The molecular weight excluding hydrogens is 318 g/mol. The van der Waals surface area contributed by atoms with Crippen molar-refractivity contribution in [3.05, 3.63) is 35.4 Å². The number of halogens is 2. The molecule has 0 spiro atoms. The number of amides is 2. The fourth-order valence-corrected chi connectivity index (χ4v) is 2.86. The van der Waals surface area contributed by atoms with Crippen molar-refractivity contribution >= 4 is 6.03 Å². The molecule has 0 radical (unpaired) electrons. The molecule has 3 atom stereocenters. The van der Waals surface area contributed by atoms with Gasteiger partial charge in [-0.15, -0.1) is 0 Å². The van der Waals surface area contributed by atoms with Crippen molar-refractivity contribution in [2.45, 2.75) is 38.3 Å². The van der Waals surface area contributed by atoms with Crippen LogP contribution in [0.5, 0.6) is 0 Å². The molecular formula is C17H24F2N2O3. The standard InChI is InChI=1S/C17H24F2N2O3/c1-11(15-4-3-13(18)8-16(15)19)9-20-17(23)21-5-6-24-10-14(21)7-12(2)22/h3-4,8,11-12,14,22H,5-7,9-10H2,1-2H3,(H,20,23)/t11-,12+,14-/m1/s1. The summed E-state index contributed by atoms with van der Waals surface area (Å²) in [4.78, 5) is 14.0. The quantitative estimate of drug-likeness (QED) is 0.863. The van der Waals surface area contributed by atoms with Gasteiger partial charge in [-0.25, -0.2) is 13.6 Å². The number of benzene rings is 1. The molecule has 7 heteroatoms. The first-order valence-electron chi connectivity index (χ1n) is 8.13. The third-order valence-corrected chi connectivity index (χ3v) is 4.15. The van der Waals surface area contributed by atoms with E-state index >= 15 is 0 Å². The van der Waals surface area contributed by atoms with E-state index < -0.39 is 17.7 Å². The van der Waals surface area contributed by atoms with Gasteiger partial charge in [0.2, 0.25) is 0 Å². The first-order chi connectivity index (χ1) is 11.4. The minimum atomic E-state index is -0.623. The maximum atomic E-state index is 13.8. The van der Waals surface area contributed by atoms with Gasteiger partial charge in [0.1, 0.15) is 11.6 Å². The average molecular weight is 342 g/mol. The van der Waals surface area contributed by atoms with Crippen molar-refractivity contribution in [3.63, 3.8) is 0 Å². The Kier molecular flexibility index (Phi) is 6.51. The summed E-state index contributed by atoms with van der Waals surface area (Å²) < 4.78 is 32.1. The zero-order valence-electron chi connectivity index (χ0n) is 14.0. The summed E-state index contributed by atoms with van der Waals surface area (Å²) in [5, 5.41) is 12.3. The molecule has 1 aromatic carbocycles. The third kappa shape index (κ3) is 4.88. The summed E-state index contributed by atoms with van der Waals surface area (Å²) in [6, 6.07) is 2.99. The minimum Gasteiger partial charge on any atom is -0.393 e. The maximum absolute atomic E-state index is 13.8. The largest absolute Gasteiger partial charge is 0.393 e. The van der Waals surface area contributed by atoms with Crippen molar-refractivity contribution in [1.82, 2.24) is 10.2 Å². The molecule has 2 rings (SSSR count). The summed E-state index contributed by atoms with van der Waals surface area (Å²) in [5.41, 5.74) is 0.360. The summed E-state index contributed by atoms with van der Waals surface area (Å²) >= 11 is 0. The van der Waals surface area contributed by atoms with E-state index in [0.29, 0.717) is 31.7 Å². The number of rotatable bonds is 5. The molecule has 0 saturated carbocycles. The van der Waals surface area contributed by atoms with Crippen molar-refractivity contribution < 1.29 is 23.4 Å². The number of hydrogen-bond acceptors (Lipinski definition) is 3. The van der Waals surface area contributed by atoms with Crippen LogP contribution >= 0.6 is 0 Å². The van der Waals surface area contributed by atoms with Crippen LogP contribution in [0.2, 0.25) is 0 Å². The van der Waals surface area contributed by atoms with Gasteiger partial charge in [0, 0.05) is 25.1 Å². The van der Waals surface area contributed by atoms with E-state index in [1.165, 1.54) is 12.1 Å². The van der Waals surface area contributed by atoms with Crippen molar-refractivity contribution in [2.24, 2.45) is 0 Å². The number of aliphatic hydroxyl groups is 1. The van der Waals surface area contributed by atoms with E-state index in [1.807, 2.05) is 0 Å². The van der Waals surface area contributed by atoms with E-state index in [9.17, 15) is 18.7 Å². The Morgan fingerprint density at radius 2 is 2.21 bits per heavy atom. The van der Waals surface area contributed by atoms with Crippen molar-refractivity contribution in [1.29, 1.82) is 0 Å². The van der Waals surface area contributed by atoms with Crippen LogP contribution in [0.4, 0.5) is 13.6 Å². The fourth-order valence-electron chi connectivity index (χ4n) is 2.86. The van der Waals surface area contributed by atoms with Crippen LogP contribution in [0.1, 0.15) is 31.7 Å². The molecule has 1 fully saturated rings. The first kappa shape index (κ1) is 18.6. The molecule has 24 heavy (non-hydrogen) atoms. The second-order valence-electron chi connectivity index (χ2n) is 6.26. The molecule has 2 amide bonds. The maximum Gasteiger partial charge on any atom is 0.317 e. The van der Waals surface area contributed by atoms with Crippen LogP contribution in [0.15, 0.2) is 18.2 Å². The third-order valence-electron chi connectivity index (χ3n) is 4.15. The highest BCUT2D eigenvalue weighted by Gasteiger charge is 2.28. The second-order valence-corrected chi connectivity index (χ2v) is 6.26. The molecule has 5 nitrogen and oxygen atoms in total. The lowest BCUT2D eigenvalue weighted by Crippen LogP contribution is -2.53. The monoisotopic (exact) mass is 342 g/mol. The van der Waals surface area contributed by atoms with Crippen LogP contribution < -0.4 is 5.32 Å². The predicted octanol–water partition coefficient (Wildman–Crippen LogP) is 2.25. The molecule has 0 aliphatic carbocycles. The van der Waals surface area contributed by atoms with Gasteiger partial charge in [-0.1, -0.05) is 13.0 Å². The van der Waals surface area contributed by atoms with Gasteiger partial charge >= 0.3 is 6.03 Å². The highest BCUT2D eigenvalue weighted by atomic mass is 19.1. The van der Waals surface area contributed by atoms with Gasteiger partial charge in [0.15, 0.2) is 0 Å². The highest BCUT2D eigenvalue weighted by molar-refractivity contribution is 5.74. The predicted molar refractivity (Wildman–Crippen MR) is 85.8 cm³/mol. The summed E-state index contributed by atoms with van der Waals surface area (Å²) in [7, 11) is 0. The van der Waals surface area contributed by atoms with Crippen LogP contribution in [0.3, 0.4) is 0 Å². The summed E-state index contributed by atoms with van der Waals surface area (Å²) in [6.45, 7) is 4.96. The van der Waals surface area contributed by atoms with Crippen LogP contribution in [0.25, 0.3) is 0 Å². The molecule has 0 bridgehead atoms. The molecule has 0 aromatic heterocycles. The van der Waals surface area contributed by atoms with E-state index in [-0.39, 0.29) is 24.5 Å². The smallest absolute Gasteiger partial charge is 0.317 e.